The van der Waals surface area contributed by atoms with E-state index in [4.69, 9.17) is 0 Å². The Morgan fingerprint density at radius 1 is 1.12 bits per heavy atom. The molecule has 0 fully saturated rings. The van der Waals surface area contributed by atoms with Gasteiger partial charge in [0.2, 0.25) is 5.91 Å². The van der Waals surface area contributed by atoms with E-state index in [1.807, 2.05) is 47.8 Å². The minimum absolute atomic E-state index is 0.0397. The van der Waals surface area contributed by atoms with E-state index in [-0.39, 0.29) is 5.91 Å². The number of carbonyl (C=O) groups is 1. The quantitative estimate of drug-likeness (QED) is 0.492. The average molecular weight is 361 g/mol. The molecule has 2 aromatic carbocycles. The van der Waals surface area contributed by atoms with Crippen LogP contribution in [0.3, 0.4) is 0 Å². The largest absolute Gasteiger partial charge is 0.338 e. The van der Waals surface area contributed by atoms with Crippen LogP contribution >= 0.6 is 11.3 Å². The number of hydrogen-bond acceptors (Lipinski definition) is 3. The van der Waals surface area contributed by atoms with Crippen molar-refractivity contribution in [1.82, 2.24) is 9.97 Å². The van der Waals surface area contributed by atoms with Gasteiger partial charge in [0.05, 0.1) is 11.0 Å². The Kier molecular flexibility index (Phi) is 4.80. The fourth-order valence-electron chi connectivity index (χ4n) is 2.94. The summed E-state index contributed by atoms with van der Waals surface area (Å²) in [6.07, 6.45) is 2.26. The number of aromatic nitrogens is 2. The topological polar surface area (TPSA) is 57.8 Å². The highest BCUT2D eigenvalue weighted by Crippen LogP contribution is 2.24. The third kappa shape index (κ3) is 3.83. The van der Waals surface area contributed by atoms with Crippen LogP contribution in [0.5, 0.6) is 0 Å². The fourth-order valence-corrected chi connectivity index (χ4v) is 3.59. The van der Waals surface area contributed by atoms with E-state index in [1.165, 1.54) is 5.56 Å². The molecule has 0 saturated heterocycles. The second-order valence-corrected chi connectivity index (χ2v) is 7.00. The van der Waals surface area contributed by atoms with E-state index in [1.54, 1.807) is 11.3 Å². The van der Waals surface area contributed by atoms with Crippen LogP contribution in [0, 0.1) is 0 Å². The molecule has 4 rings (SSSR count). The lowest BCUT2D eigenvalue weighted by Crippen LogP contribution is -2.11. The van der Waals surface area contributed by atoms with E-state index in [0.717, 1.165) is 41.0 Å². The van der Waals surface area contributed by atoms with Crippen LogP contribution in [-0.2, 0) is 11.2 Å². The van der Waals surface area contributed by atoms with Gasteiger partial charge in [-0.05, 0) is 48.1 Å². The van der Waals surface area contributed by atoms with Crippen molar-refractivity contribution >= 4 is 34.0 Å². The normalized spacial score (nSPS) is 10.9. The summed E-state index contributed by atoms with van der Waals surface area (Å²) < 4.78 is 0. The Morgan fingerprint density at radius 2 is 2.00 bits per heavy atom. The summed E-state index contributed by atoms with van der Waals surface area (Å²) in [5.74, 6) is 0.894. The number of amides is 1. The summed E-state index contributed by atoms with van der Waals surface area (Å²) >= 11 is 1.64. The number of H-pyrrole nitrogens is 1. The molecule has 5 heteroatoms. The molecule has 2 heterocycles. The van der Waals surface area contributed by atoms with Crippen molar-refractivity contribution in [3.8, 4) is 11.4 Å². The number of imidazole rings is 1. The molecule has 4 aromatic rings. The Hall–Kier alpha value is -2.92. The maximum atomic E-state index is 12.2. The molecule has 2 N–H and O–H groups in total. The monoisotopic (exact) mass is 361 g/mol. The van der Waals surface area contributed by atoms with Gasteiger partial charge in [-0.15, -0.1) is 0 Å². The summed E-state index contributed by atoms with van der Waals surface area (Å²) in [4.78, 5) is 20.1. The number of anilines is 1. The molecule has 4 nitrogen and oxygen atoms in total. The third-order valence-corrected chi connectivity index (χ3v) is 4.96. The SMILES string of the molecule is O=C(CCCc1ccccc1)Nc1ccc2nc(-c3ccsc3)[nH]c2c1. The van der Waals surface area contributed by atoms with Gasteiger partial charge in [-0.3, -0.25) is 4.79 Å². The van der Waals surface area contributed by atoms with E-state index >= 15 is 0 Å². The number of benzene rings is 2. The van der Waals surface area contributed by atoms with Crippen molar-refractivity contribution in [2.24, 2.45) is 0 Å². The molecule has 0 spiro atoms. The van der Waals surface area contributed by atoms with Crippen LogP contribution in [0.4, 0.5) is 5.69 Å². The second-order valence-electron chi connectivity index (χ2n) is 6.22. The van der Waals surface area contributed by atoms with Crippen molar-refractivity contribution in [3.63, 3.8) is 0 Å². The van der Waals surface area contributed by atoms with Crippen molar-refractivity contribution in [2.75, 3.05) is 5.32 Å². The Balaban J connectivity index is 1.38. The molecule has 1 amide bonds. The number of carbonyl (C=O) groups excluding carboxylic acids is 1. The molecule has 26 heavy (non-hydrogen) atoms. The molecule has 2 aromatic heterocycles. The second kappa shape index (κ2) is 7.54. The van der Waals surface area contributed by atoms with Crippen molar-refractivity contribution in [2.45, 2.75) is 19.3 Å². The molecule has 0 radical (unpaired) electrons. The van der Waals surface area contributed by atoms with Gasteiger partial charge in [0.1, 0.15) is 5.82 Å². The van der Waals surface area contributed by atoms with Gasteiger partial charge in [0, 0.05) is 23.1 Å². The highest BCUT2D eigenvalue weighted by Gasteiger charge is 2.08. The first-order valence-corrected chi connectivity index (χ1v) is 9.58. The number of hydrogen-bond donors (Lipinski definition) is 2. The predicted molar refractivity (Wildman–Crippen MR) is 107 cm³/mol. The maximum absolute atomic E-state index is 12.2. The predicted octanol–water partition coefficient (Wildman–Crippen LogP) is 5.25. The van der Waals surface area contributed by atoms with Crippen LogP contribution in [0.25, 0.3) is 22.4 Å². The number of rotatable bonds is 6. The lowest BCUT2D eigenvalue weighted by atomic mass is 10.1. The molecule has 0 saturated carbocycles. The standard InChI is InChI=1S/C21H19N3OS/c25-20(8-4-7-15-5-2-1-3-6-15)22-17-9-10-18-19(13-17)24-21(23-18)16-11-12-26-14-16/h1-3,5-6,9-14H,4,7-8H2,(H,22,25)(H,23,24). The molecule has 0 unspecified atom stereocenters. The zero-order valence-electron chi connectivity index (χ0n) is 14.2. The smallest absolute Gasteiger partial charge is 0.224 e. The van der Waals surface area contributed by atoms with Gasteiger partial charge in [-0.25, -0.2) is 4.98 Å². The van der Waals surface area contributed by atoms with Crippen LogP contribution in [0.2, 0.25) is 0 Å². The van der Waals surface area contributed by atoms with E-state index in [9.17, 15) is 4.79 Å². The highest BCUT2D eigenvalue weighted by atomic mass is 32.1. The molecule has 0 aliphatic carbocycles. The molecule has 0 atom stereocenters. The van der Waals surface area contributed by atoms with E-state index in [0.29, 0.717) is 6.42 Å². The first-order chi connectivity index (χ1) is 12.8. The third-order valence-electron chi connectivity index (χ3n) is 4.27. The summed E-state index contributed by atoms with van der Waals surface area (Å²) in [6, 6.07) is 18.1. The Labute approximate surface area is 155 Å². The summed E-state index contributed by atoms with van der Waals surface area (Å²) in [5.41, 5.74) is 4.96. The number of fused-ring (bicyclic) bond motifs is 1. The average Bonchev–Trinajstić information content (AvgIpc) is 3.31. The molecular formula is C21H19N3OS. The first kappa shape index (κ1) is 16.5. The number of aromatic amines is 1. The summed E-state index contributed by atoms with van der Waals surface area (Å²) in [7, 11) is 0. The zero-order chi connectivity index (χ0) is 17.8. The van der Waals surface area contributed by atoms with E-state index < -0.39 is 0 Å². The van der Waals surface area contributed by atoms with Crippen LogP contribution in [0.1, 0.15) is 18.4 Å². The van der Waals surface area contributed by atoms with Gasteiger partial charge >= 0.3 is 0 Å². The number of thiophene rings is 1. The van der Waals surface area contributed by atoms with Crippen molar-refractivity contribution in [3.05, 3.63) is 70.9 Å². The number of aryl methyl sites for hydroxylation is 1. The molecule has 130 valence electrons. The fraction of sp³-hybridized carbons (Fsp3) is 0.143. The number of nitrogens with zero attached hydrogens (tertiary/aromatic N) is 1. The van der Waals surface area contributed by atoms with Crippen LogP contribution in [-0.4, -0.2) is 15.9 Å². The van der Waals surface area contributed by atoms with Crippen molar-refractivity contribution < 1.29 is 4.79 Å². The lowest BCUT2D eigenvalue weighted by molar-refractivity contribution is -0.116. The molecular weight excluding hydrogens is 342 g/mol. The molecule has 0 aliphatic heterocycles. The van der Waals surface area contributed by atoms with E-state index in [2.05, 4.69) is 32.8 Å². The Morgan fingerprint density at radius 3 is 2.81 bits per heavy atom. The number of nitrogens with one attached hydrogen (secondary N) is 2. The minimum atomic E-state index is 0.0397. The maximum Gasteiger partial charge on any atom is 0.224 e. The highest BCUT2D eigenvalue weighted by molar-refractivity contribution is 7.08. The summed E-state index contributed by atoms with van der Waals surface area (Å²) in [5, 5.41) is 7.07. The lowest BCUT2D eigenvalue weighted by Gasteiger charge is -2.05. The Bertz CT molecular complexity index is 1010. The van der Waals surface area contributed by atoms with Crippen molar-refractivity contribution in [1.29, 1.82) is 0 Å². The van der Waals surface area contributed by atoms with Crippen LogP contribution in [0.15, 0.2) is 65.4 Å². The summed E-state index contributed by atoms with van der Waals surface area (Å²) in [6.45, 7) is 0. The van der Waals surface area contributed by atoms with Gasteiger partial charge in [-0.1, -0.05) is 30.3 Å². The zero-order valence-corrected chi connectivity index (χ0v) is 15.1. The first-order valence-electron chi connectivity index (χ1n) is 8.64. The molecule has 0 aliphatic rings. The minimum Gasteiger partial charge on any atom is -0.338 e. The van der Waals surface area contributed by atoms with Gasteiger partial charge in [0.15, 0.2) is 0 Å². The van der Waals surface area contributed by atoms with Crippen LogP contribution < -0.4 is 5.32 Å². The van der Waals surface area contributed by atoms with Gasteiger partial charge in [0.25, 0.3) is 0 Å². The van der Waals surface area contributed by atoms with Gasteiger partial charge in [-0.2, -0.15) is 11.3 Å². The molecule has 0 bridgehead atoms. The van der Waals surface area contributed by atoms with Gasteiger partial charge < -0.3 is 10.3 Å².